The highest BCUT2D eigenvalue weighted by Gasteiger charge is 2.15. The highest BCUT2D eigenvalue weighted by Crippen LogP contribution is 2.19. The number of halogens is 1. The molecule has 0 aliphatic rings. The van der Waals surface area contributed by atoms with E-state index in [1.54, 1.807) is 29.8 Å². The Kier molecular flexibility index (Phi) is 6.39. The van der Waals surface area contributed by atoms with Crippen LogP contribution < -0.4 is 10.1 Å². The van der Waals surface area contributed by atoms with E-state index in [1.807, 2.05) is 30.3 Å². The molecule has 1 heterocycles. The number of hydrogen-bond donors (Lipinski definition) is 1. The number of hydrogen-bond acceptors (Lipinski definition) is 4. The van der Waals surface area contributed by atoms with E-state index in [4.69, 9.17) is 4.74 Å². The lowest BCUT2D eigenvalue weighted by Crippen LogP contribution is -2.17. The maximum Gasteiger partial charge on any atom is 0.308 e. The van der Waals surface area contributed by atoms with Gasteiger partial charge in [-0.1, -0.05) is 30.3 Å². The molecule has 1 aromatic heterocycles. The largest absolute Gasteiger partial charge is 0.427 e. The molecule has 3 aromatic rings. The zero-order valence-corrected chi connectivity index (χ0v) is 16.3. The van der Waals surface area contributed by atoms with Gasteiger partial charge in [0, 0.05) is 25.2 Å². The van der Waals surface area contributed by atoms with Gasteiger partial charge in [-0.2, -0.15) is 0 Å². The molecule has 0 aliphatic carbocycles. The highest BCUT2D eigenvalue weighted by atomic mass is 19.1. The molecular weight excluding hydrogens is 373 g/mol. The number of anilines is 1. The van der Waals surface area contributed by atoms with Crippen molar-refractivity contribution in [3.8, 4) is 5.75 Å². The van der Waals surface area contributed by atoms with E-state index in [0.717, 1.165) is 11.1 Å². The Morgan fingerprint density at radius 1 is 1.17 bits per heavy atom. The summed E-state index contributed by atoms with van der Waals surface area (Å²) >= 11 is 0. The first-order valence-electron chi connectivity index (χ1n) is 9.22. The van der Waals surface area contributed by atoms with Crippen LogP contribution >= 0.6 is 0 Å². The summed E-state index contributed by atoms with van der Waals surface area (Å²) in [4.78, 5) is 28.1. The Balaban J connectivity index is 1.78. The number of carbonyl (C=O) groups is 2. The van der Waals surface area contributed by atoms with Crippen molar-refractivity contribution >= 4 is 17.8 Å². The summed E-state index contributed by atoms with van der Waals surface area (Å²) in [6, 6.07) is 14.7. The van der Waals surface area contributed by atoms with Crippen molar-refractivity contribution in [3.05, 3.63) is 77.1 Å². The molecule has 7 heteroatoms. The van der Waals surface area contributed by atoms with Crippen LogP contribution in [0.3, 0.4) is 0 Å². The summed E-state index contributed by atoms with van der Waals surface area (Å²) in [5.41, 5.74) is 2.47. The zero-order valence-electron chi connectivity index (χ0n) is 16.3. The number of imidazole rings is 1. The van der Waals surface area contributed by atoms with E-state index >= 15 is 0 Å². The Hall–Kier alpha value is -3.48. The van der Waals surface area contributed by atoms with Crippen LogP contribution in [0.15, 0.2) is 54.7 Å². The zero-order chi connectivity index (χ0) is 20.8. The SMILES string of the molecule is CC(=O)Oc1cc(C)cc(C(=O)Nc2nc(CF)cn2CCc2ccccc2)c1. The molecule has 6 nitrogen and oxygen atoms in total. The van der Waals surface area contributed by atoms with Gasteiger partial charge in [-0.05, 0) is 42.7 Å². The quantitative estimate of drug-likeness (QED) is 0.483. The molecule has 150 valence electrons. The van der Waals surface area contributed by atoms with E-state index in [9.17, 15) is 14.0 Å². The second-order valence-electron chi connectivity index (χ2n) is 6.70. The molecule has 0 aliphatic heterocycles. The lowest BCUT2D eigenvalue weighted by Gasteiger charge is -2.10. The minimum absolute atomic E-state index is 0.248. The van der Waals surface area contributed by atoms with Crippen LogP contribution in [-0.4, -0.2) is 21.4 Å². The standard InChI is InChI=1S/C22H22FN3O3/c1-15-10-18(12-20(11-15)29-16(2)27)21(28)25-22-24-19(13-23)14-26(22)9-8-17-6-4-3-5-7-17/h3-7,10-12,14H,8-9,13H2,1-2H3,(H,24,25,28). The summed E-state index contributed by atoms with van der Waals surface area (Å²) in [6.07, 6.45) is 2.31. The van der Waals surface area contributed by atoms with Crippen molar-refractivity contribution in [3.63, 3.8) is 0 Å². The molecule has 1 amide bonds. The second kappa shape index (κ2) is 9.14. The maximum atomic E-state index is 13.1. The first-order chi connectivity index (χ1) is 13.9. The van der Waals surface area contributed by atoms with Crippen LogP contribution in [0.2, 0.25) is 0 Å². The Bertz CT molecular complexity index is 1020. The number of alkyl halides is 1. The van der Waals surface area contributed by atoms with E-state index in [1.165, 1.54) is 13.0 Å². The minimum Gasteiger partial charge on any atom is -0.427 e. The van der Waals surface area contributed by atoms with Crippen LogP contribution in [-0.2, 0) is 24.4 Å². The van der Waals surface area contributed by atoms with Crippen molar-refractivity contribution in [2.75, 3.05) is 5.32 Å². The lowest BCUT2D eigenvalue weighted by molar-refractivity contribution is -0.131. The molecule has 2 aromatic carbocycles. The Morgan fingerprint density at radius 2 is 1.93 bits per heavy atom. The van der Waals surface area contributed by atoms with Gasteiger partial charge in [0.05, 0.1) is 5.69 Å². The van der Waals surface area contributed by atoms with Gasteiger partial charge >= 0.3 is 5.97 Å². The van der Waals surface area contributed by atoms with E-state index in [-0.39, 0.29) is 11.6 Å². The predicted molar refractivity (Wildman–Crippen MR) is 108 cm³/mol. The normalized spacial score (nSPS) is 10.6. The van der Waals surface area contributed by atoms with Crippen LogP contribution in [0.5, 0.6) is 5.75 Å². The molecule has 0 saturated carbocycles. The third kappa shape index (κ3) is 5.51. The van der Waals surface area contributed by atoms with Gasteiger partial charge in [-0.3, -0.25) is 14.9 Å². The van der Waals surface area contributed by atoms with E-state index in [0.29, 0.717) is 24.3 Å². The topological polar surface area (TPSA) is 73.2 Å². The highest BCUT2D eigenvalue weighted by molar-refractivity contribution is 6.03. The molecule has 0 bridgehead atoms. The van der Waals surface area contributed by atoms with Gasteiger partial charge in [-0.15, -0.1) is 0 Å². The van der Waals surface area contributed by atoms with Crippen molar-refractivity contribution in [1.29, 1.82) is 0 Å². The summed E-state index contributed by atoms with van der Waals surface area (Å²) in [7, 11) is 0. The van der Waals surface area contributed by atoms with Gasteiger partial charge in [0.25, 0.3) is 5.91 Å². The molecule has 0 saturated heterocycles. The molecule has 0 atom stereocenters. The molecule has 0 spiro atoms. The summed E-state index contributed by atoms with van der Waals surface area (Å²) in [5.74, 6) is -0.321. The smallest absolute Gasteiger partial charge is 0.308 e. The van der Waals surface area contributed by atoms with Gasteiger partial charge in [-0.25, -0.2) is 9.37 Å². The molecular formula is C22H22FN3O3. The van der Waals surface area contributed by atoms with Gasteiger partial charge < -0.3 is 9.30 Å². The first kappa shape index (κ1) is 20.3. The monoisotopic (exact) mass is 395 g/mol. The minimum atomic E-state index is -0.720. The second-order valence-corrected chi connectivity index (χ2v) is 6.70. The number of nitrogens with zero attached hydrogens (tertiary/aromatic N) is 2. The number of ether oxygens (including phenoxy) is 1. The number of aryl methyl sites for hydroxylation is 3. The third-order valence-corrected chi connectivity index (χ3v) is 4.25. The number of carbonyl (C=O) groups excluding carboxylic acids is 2. The molecule has 0 fully saturated rings. The number of rotatable bonds is 7. The Labute approximate surface area is 168 Å². The van der Waals surface area contributed by atoms with Crippen molar-refractivity contribution < 1.29 is 18.7 Å². The number of aromatic nitrogens is 2. The summed E-state index contributed by atoms with van der Waals surface area (Å²) in [5, 5.41) is 2.73. The van der Waals surface area contributed by atoms with Crippen LogP contribution in [0.25, 0.3) is 0 Å². The number of amides is 1. The third-order valence-electron chi connectivity index (χ3n) is 4.25. The number of benzene rings is 2. The molecule has 0 radical (unpaired) electrons. The fourth-order valence-electron chi connectivity index (χ4n) is 2.98. The van der Waals surface area contributed by atoms with Crippen molar-refractivity contribution in [2.45, 2.75) is 33.5 Å². The van der Waals surface area contributed by atoms with Crippen LogP contribution in [0.4, 0.5) is 10.3 Å². The number of esters is 1. The van der Waals surface area contributed by atoms with E-state index in [2.05, 4.69) is 10.3 Å². The van der Waals surface area contributed by atoms with Crippen LogP contribution in [0.1, 0.15) is 34.1 Å². The average Bonchev–Trinajstić information content (AvgIpc) is 3.08. The number of nitrogens with one attached hydrogen (secondary N) is 1. The molecule has 3 rings (SSSR count). The average molecular weight is 395 g/mol. The fraction of sp³-hybridized carbons (Fsp3) is 0.227. The first-order valence-corrected chi connectivity index (χ1v) is 9.22. The van der Waals surface area contributed by atoms with Crippen molar-refractivity contribution in [2.24, 2.45) is 0 Å². The summed E-state index contributed by atoms with van der Waals surface area (Å²) in [6.45, 7) is 2.91. The predicted octanol–water partition coefficient (Wildman–Crippen LogP) is 4.08. The Morgan fingerprint density at radius 3 is 2.62 bits per heavy atom. The van der Waals surface area contributed by atoms with Crippen molar-refractivity contribution in [1.82, 2.24) is 9.55 Å². The fourth-order valence-corrected chi connectivity index (χ4v) is 2.98. The van der Waals surface area contributed by atoms with Gasteiger partial charge in [0.2, 0.25) is 5.95 Å². The maximum absolute atomic E-state index is 13.1. The van der Waals surface area contributed by atoms with Gasteiger partial charge in [0.1, 0.15) is 12.4 Å². The van der Waals surface area contributed by atoms with Crippen LogP contribution in [0, 0.1) is 6.92 Å². The molecule has 29 heavy (non-hydrogen) atoms. The molecule has 1 N–H and O–H groups in total. The van der Waals surface area contributed by atoms with Gasteiger partial charge in [0.15, 0.2) is 0 Å². The van der Waals surface area contributed by atoms with E-state index < -0.39 is 18.6 Å². The molecule has 0 unspecified atom stereocenters. The summed E-state index contributed by atoms with van der Waals surface area (Å²) < 4.78 is 19.9. The lowest BCUT2D eigenvalue weighted by atomic mass is 10.1.